The predicted octanol–water partition coefficient (Wildman–Crippen LogP) is 2.80. The van der Waals surface area contributed by atoms with E-state index in [-0.39, 0.29) is 17.8 Å². The summed E-state index contributed by atoms with van der Waals surface area (Å²) >= 11 is 0. The number of amides is 1. The second-order valence-corrected chi connectivity index (χ2v) is 5.29. The van der Waals surface area contributed by atoms with E-state index in [1.165, 1.54) is 18.3 Å². The smallest absolute Gasteiger partial charge is 0.252 e. The number of aromatic nitrogens is 1. The molecule has 22 heavy (non-hydrogen) atoms. The molecule has 1 saturated heterocycles. The molecule has 2 heterocycles. The molecule has 1 atom stereocenters. The van der Waals surface area contributed by atoms with E-state index >= 15 is 0 Å². The van der Waals surface area contributed by atoms with Gasteiger partial charge in [-0.1, -0.05) is 12.1 Å². The number of hydrogen-bond donors (Lipinski definition) is 1. The lowest BCUT2D eigenvalue weighted by Gasteiger charge is -2.10. The molecule has 2 aromatic rings. The zero-order valence-corrected chi connectivity index (χ0v) is 12.1. The van der Waals surface area contributed by atoms with Crippen LogP contribution in [0.2, 0.25) is 0 Å². The van der Waals surface area contributed by atoms with Gasteiger partial charge in [0.05, 0.1) is 17.4 Å². The Hall–Kier alpha value is -2.27. The molecule has 1 N–H and O–H groups in total. The van der Waals surface area contributed by atoms with E-state index in [4.69, 9.17) is 4.74 Å². The molecule has 0 spiro atoms. The van der Waals surface area contributed by atoms with Crippen molar-refractivity contribution in [3.63, 3.8) is 0 Å². The van der Waals surface area contributed by atoms with E-state index in [0.29, 0.717) is 23.4 Å². The Morgan fingerprint density at radius 3 is 2.95 bits per heavy atom. The van der Waals surface area contributed by atoms with Gasteiger partial charge in [0.1, 0.15) is 5.82 Å². The molecule has 3 rings (SSSR count). The van der Waals surface area contributed by atoms with E-state index in [1.54, 1.807) is 24.3 Å². The Kier molecular flexibility index (Phi) is 4.44. The van der Waals surface area contributed by atoms with Gasteiger partial charge >= 0.3 is 0 Å². The van der Waals surface area contributed by atoms with Gasteiger partial charge in [-0.3, -0.25) is 9.78 Å². The Labute approximate surface area is 128 Å². The van der Waals surface area contributed by atoms with Crippen molar-refractivity contribution >= 4 is 5.91 Å². The summed E-state index contributed by atoms with van der Waals surface area (Å²) in [6, 6.07) is 9.63. The van der Waals surface area contributed by atoms with Crippen LogP contribution in [-0.2, 0) is 4.74 Å². The van der Waals surface area contributed by atoms with Gasteiger partial charge in [0.25, 0.3) is 5.91 Å². The maximum Gasteiger partial charge on any atom is 0.252 e. The Morgan fingerprint density at radius 2 is 2.27 bits per heavy atom. The van der Waals surface area contributed by atoms with E-state index in [0.717, 1.165) is 19.4 Å². The van der Waals surface area contributed by atoms with Crippen LogP contribution >= 0.6 is 0 Å². The van der Waals surface area contributed by atoms with Gasteiger partial charge in [0.15, 0.2) is 0 Å². The molecular weight excluding hydrogens is 283 g/mol. The Bertz CT molecular complexity index is 652. The average molecular weight is 300 g/mol. The van der Waals surface area contributed by atoms with Crippen LogP contribution in [0, 0.1) is 5.82 Å². The van der Waals surface area contributed by atoms with Crippen LogP contribution in [0.3, 0.4) is 0 Å². The van der Waals surface area contributed by atoms with Crippen molar-refractivity contribution < 1.29 is 13.9 Å². The highest BCUT2D eigenvalue weighted by Crippen LogP contribution is 2.18. The van der Waals surface area contributed by atoms with Crippen molar-refractivity contribution in [2.24, 2.45) is 0 Å². The SMILES string of the molecule is O=C(NC[C@H]1CCCO1)c1ccc(-c2cccc(F)c2)nc1. The normalized spacial score (nSPS) is 17.4. The largest absolute Gasteiger partial charge is 0.376 e. The summed E-state index contributed by atoms with van der Waals surface area (Å²) in [5.41, 5.74) is 1.81. The molecule has 4 nitrogen and oxygen atoms in total. The van der Waals surface area contributed by atoms with Crippen LogP contribution in [0.25, 0.3) is 11.3 Å². The minimum Gasteiger partial charge on any atom is -0.376 e. The van der Waals surface area contributed by atoms with E-state index in [9.17, 15) is 9.18 Å². The number of carbonyl (C=O) groups is 1. The molecule has 114 valence electrons. The number of pyridine rings is 1. The summed E-state index contributed by atoms with van der Waals surface area (Å²) in [7, 11) is 0. The third kappa shape index (κ3) is 3.49. The first-order chi connectivity index (χ1) is 10.7. The molecule has 0 saturated carbocycles. The summed E-state index contributed by atoms with van der Waals surface area (Å²) in [5, 5.41) is 2.85. The fourth-order valence-corrected chi connectivity index (χ4v) is 2.46. The third-order valence-corrected chi connectivity index (χ3v) is 3.66. The lowest BCUT2D eigenvalue weighted by molar-refractivity contribution is 0.0857. The van der Waals surface area contributed by atoms with Gasteiger partial charge in [-0.2, -0.15) is 0 Å². The van der Waals surface area contributed by atoms with Crippen LogP contribution < -0.4 is 5.32 Å². The van der Waals surface area contributed by atoms with Crippen LogP contribution in [-0.4, -0.2) is 30.1 Å². The topological polar surface area (TPSA) is 51.2 Å². The molecular formula is C17H17FN2O2. The predicted molar refractivity (Wildman–Crippen MR) is 80.9 cm³/mol. The van der Waals surface area contributed by atoms with Gasteiger partial charge in [-0.25, -0.2) is 4.39 Å². The quantitative estimate of drug-likeness (QED) is 0.944. The molecule has 5 heteroatoms. The molecule has 1 aromatic heterocycles. The van der Waals surface area contributed by atoms with E-state index in [1.807, 2.05) is 0 Å². The fourth-order valence-electron chi connectivity index (χ4n) is 2.46. The number of carbonyl (C=O) groups excluding carboxylic acids is 1. The molecule has 0 unspecified atom stereocenters. The molecule has 0 aliphatic carbocycles. The molecule has 1 aliphatic heterocycles. The van der Waals surface area contributed by atoms with Crippen molar-refractivity contribution in [1.29, 1.82) is 0 Å². The Morgan fingerprint density at radius 1 is 1.36 bits per heavy atom. The zero-order valence-electron chi connectivity index (χ0n) is 12.1. The average Bonchev–Trinajstić information content (AvgIpc) is 3.06. The summed E-state index contributed by atoms with van der Waals surface area (Å²) in [4.78, 5) is 16.3. The monoisotopic (exact) mass is 300 g/mol. The highest BCUT2D eigenvalue weighted by molar-refractivity contribution is 5.94. The lowest BCUT2D eigenvalue weighted by atomic mass is 10.1. The number of rotatable bonds is 4. The minimum atomic E-state index is -0.308. The summed E-state index contributed by atoms with van der Waals surface area (Å²) in [5.74, 6) is -0.480. The number of nitrogens with one attached hydrogen (secondary N) is 1. The van der Waals surface area contributed by atoms with Crippen LogP contribution in [0.5, 0.6) is 0 Å². The van der Waals surface area contributed by atoms with Crippen molar-refractivity contribution in [3.8, 4) is 11.3 Å². The second-order valence-electron chi connectivity index (χ2n) is 5.29. The molecule has 1 amide bonds. The summed E-state index contributed by atoms with van der Waals surface area (Å²) < 4.78 is 18.7. The van der Waals surface area contributed by atoms with Gasteiger partial charge in [-0.15, -0.1) is 0 Å². The maximum atomic E-state index is 13.2. The molecule has 1 aromatic carbocycles. The first-order valence-corrected chi connectivity index (χ1v) is 7.34. The Balaban J connectivity index is 1.64. The minimum absolute atomic E-state index is 0.114. The standard InChI is InChI=1S/C17H17FN2O2/c18-14-4-1-3-12(9-14)16-7-6-13(10-19-16)17(21)20-11-15-5-2-8-22-15/h1,3-4,6-7,9-10,15H,2,5,8,11H2,(H,20,21)/t15-/m1/s1. The summed E-state index contributed by atoms with van der Waals surface area (Å²) in [6.07, 6.45) is 3.65. The number of hydrogen-bond acceptors (Lipinski definition) is 3. The number of halogens is 1. The highest BCUT2D eigenvalue weighted by Gasteiger charge is 2.16. The van der Waals surface area contributed by atoms with Crippen molar-refractivity contribution in [3.05, 3.63) is 54.0 Å². The first kappa shape index (κ1) is 14.7. The number of nitrogens with zero attached hydrogens (tertiary/aromatic N) is 1. The van der Waals surface area contributed by atoms with Crippen molar-refractivity contribution in [1.82, 2.24) is 10.3 Å². The van der Waals surface area contributed by atoms with Crippen LogP contribution in [0.1, 0.15) is 23.2 Å². The van der Waals surface area contributed by atoms with Crippen molar-refractivity contribution in [2.75, 3.05) is 13.2 Å². The molecule has 1 fully saturated rings. The van der Waals surface area contributed by atoms with Gasteiger partial charge in [0.2, 0.25) is 0 Å². The molecule has 0 bridgehead atoms. The molecule has 0 radical (unpaired) electrons. The molecule has 1 aliphatic rings. The van der Waals surface area contributed by atoms with Crippen LogP contribution in [0.15, 0.2) is 42.6 Å². The van der Waals surface area contributed by atoms with Gasteiger partial charge in [-0.05, 0) is 37.1 Å². The zero-order chi connectivity index (χ0) is 15.4. The fraction of sp³-hybridized carbons (Fsp3) is 0.294. The van der Waals surface area contributed by atoms with E-state index < -0.39 is 0 Å². The van der Waals surface area contributed by atoms with Crippen LogP contribution in [0.4, 0.5) is 4.39 Å². The second kappa shape index (κ2) is 6.66. The first-order valence-electron chi connectivity index (χ1n) is 7.34. The third-order valence-electron chi connectivity index (χ3n) is 3.66. The summed E-state index contributed by atoms with van der Waals surface area (Å²) in [6.45, 7) is 1.29. The lowest BCUT2D eigenvalue weighted by Crippen LogP contribution is -2.31. The number of benzene rings is 1. The highest BCUT2D eigenvalue weighted by atomic mass is 19.1. The number of ether oxygens (including phenoxy) is 1. The van der Waals surface area contributed by atoms with Gasteiger partial charge < -0.3 is 10.1 Å². The maximum absolute atomic E-state index is 13.2. The van der Waals surface area contributed by atoms with Gasteiger partial charge in [0, 0.05) is 24.9 Å². The van der Waals surface area contributed by atoms with E-state index in [2.05, 4.69) is 10.3 Å². The van der Waals surface area contributed by atoms with Crippen molar-refractivity contribution in [2.45, 2.75) is 18.9 Å².